The molecule has 1 aliphatic rings. The van der Waals surface area contributed by atoms with E-state index in [0.29, 0.717) is 16.5 Å². The largest absolute Gasteiger partial charge is 0.369 e. The van der Waals surface area contributed by atoms with Crippen LogP contribution >= 0.6 is 0 Å². The van der Waals surface area contributed by atoms with Crippen LogP contribution in [0.5, 0.6) is 0 Å². The zero-order valence-corrected chi connectivity index (χ0v) is 21.4. The molecule has 1 N–H and O–H groups in total. The Kier molecular flexibility index (Phi) is 7.32. The number of aromatic nitrogens is 2. The van der Waals surface area contributed by atoms with E-state index in [1.807, 2.05) is 49.4 Å². The molecule has 37 heavy (non-hydrogen) atoms. The fourth-order valence-electron chi connectivity index (χ4n) is 4.90. The van der Waals surface area contributed by atoms with E-state index in [4.69, 9.17) is 0 Å². The van der Waals surface area contributed by atoms with Gasteiger partial charge in [-0.15, -0.1) is 0 Å². The first kappa shape index (κ1) is 24.7. The molecule has 1 unspecified atom stereocenters. The second-order valence-electron chi connectivity index (χ2n) is 9.78. The van der Waals surface area contributed by atoms with Crippen LogP contribution < -0.4 is 15.8 Å². The Morgan fingerprint density at radius 2 is 1.57 bits per heavy atom. The quantitative estimate of drug-likeness (QED) is 0.419. The van der Waals surface area contributed by atoms with E-state index in [2.05, 4.69) is 51.4 Å². The number of rotatable bonds is 7. The van der Waals surface area contributed by atoms with E-state index in [9.17, 15) is 9.59 Å². The third-order valence-electron chi connectivity index (χ3n) is 7.02. The number of piperazine rings is 1. The van der Waals surface area contributed by atoms with Crippen molar-refractivity contribution in [2.24, 2.45) is 0 Å². The molecule has 0 saturated carbocycles. The van der Waals surface area contributed by atoms with Gasteiger partial charge < -0.3 is 10.2 Å². The second kappa shape index (κ2) is 11.0. The van der Waals surface area contributed by atoms with Crippen molar-refractivity contribution >= 4 is 22.4 Å². The number of amides is 1. The fraction of sp³-hybridized carbons (Fsp3) is 0.300. The number of nitrogens with zero attached hydrogens (tertiary/aromatic N) is 4. The third kappa shape index (κ3) is 5.57. The first-order valence-corrected chi connectivity index (χ1v) is 12.9. The Bertz CT molecular complexity index is 1440. The third-order valence-corrected chi connectivity index (χ3v) is 7.02. The van der Waals surface area contributed by atoms with E-state index in [-0.39, 0.29) is 23.2 Å². The Morgan fingerprint density at radius 3 is 2.30 bits per heavy atom. The molecule has 0 aliphatic carbocycles. The van der Waals surface area contributed by atoms with Crippen LogP contribution in [0.1, 0.15) is 29.4 Å². The molecule has 1 aromatic heterocycles. The molecule has 4 aromatic rings. The summed E-state index contributed by atoms with van der Waals surface area (Å²) < 4.78 is 1.32. The summed E-state index contributed by atoms with van der Waals surface area (Å²) in [5, 5.41) is 8.65. The maximum atomic E-state index is 13.3. The van der Waals surface area contributed by atoms with Gasteiger partial charge in [0.1, 0.15) is 0 Å². The van der Waals surface area contributed by atoms with Crippen molar-refractivity contribution in [3.8, 4) is 5.69 Å². The number of hydrogen-bond donors (Lipinski definition) is 1. The van der Waals surface area contributed by atoms with Gasteiger partial charge in [-0.3, -0.25) is 14.5 Å². The lowest BCUT2D eigenvalue weighted by Gasteiger charge is -2.36. The van der Waals surface area contributed by atoms with Crippen molar-refractivity contribution in [2.45, 2.75) is 26.3 Å². The van der Waals surface area contributed by atoms with Crippen molar-refractivity contribution < 1.29 is 4.79 Å². The van der Waals surface area contributed by atoms with Gasteiger partial charge in [0.15, 0.2) is 5.69 Å². The smallest absolute Gasteiger partial charge is 0.279 e. The standard InChI is InChI=1S/C30H33N5O2/c1-22-9-8-12-25(21-22)34-19-17-33(18-20-34)16-15-23(2)31-29(36)28-26-13-6-7-14-27(26)30(37)35(32-28)24-10-4-3-5-11-24/h3-14,21,23H,15-20H2,1-2H3,(H,31,36). The number of fused-ring (bicyclic) bond motifs is 1. The minimum Gasteiger partial charge on any atom is -0.369 e. The number of nitrogens with one attached hydrogen (secondary N) is 1. The minimum atomic E-state index is -0.266. The number of carbonyl (C=O) groups excluding carboxylic acids is 1. The SMILES string of the molecule is Cc1cccc(N2CCN(CCC(C)NC(=O)c3nn(-c4ccccc4)c(=O)c4ccccc34)CC2)c1. The van der Waals surface area contributed by atoms with Crippen LogP contribution in [0.2, 0.25) is 0 Å². The summed E-state index contributed by atoms with van der Waals surface area (Å²) in [6.07, 6.45) is 0.840. The van der Waals surface area contributed by atoms with E-state index in [1.165, 1.54) is 15.9 Å². The fourth-order valence-corrected chi connectivity index (χ4v) is 4.90. The summed E-state index contributed by atoms with van der Waals surface area (Å²) in [6.45, 7) is 9.08. The Morgan fingerprint density at radius 1 is 0.892 bits per heavy atom. The second-order valence-corrected chi connectivity index (χ2v) is 9.78. The summed E-state index contributed by atoms with van der Waals surface area (Å²) in [5.41, 5.74) is 3.22. The molecule has 1 saturated heterocycles. The highest BCUT2D eigenvalue weighted by atomic mass is 16.2. The van der Waals surface area contributed by atoms with Gasteiger partial charge in [0.2, 0.25) is 0 Å². The molecule has 0 spiro atoms. The zero-order chi connectivity index (χ0) is 25.8. The number of carbonyl (C=O) groups is 1. The summed E-state index contributed by atoms with van der Waals surface area (Å²) in [7, 11) is 0. The summed E-state index contributed by atoms with van der Waals surface area (Å²) >= 11 is 0. The van der Waals surface area contributed by atoms with Crippen LogP contribution in [0.15, 0.2) is 83.7 Å². The van der Waals surface area contributed by atoms with Crippen LogP contribution in [0, 0.1) is 6.92 Å². The summed E-state index contributed by atoms with van der Waals surface area (Å²) in [6, 6.07) is 25.0. The first-order chi connectivity index (χ1) is 18.0. The maximum Gasteiger partial charge on any atom is 0.279 e. The summed E-state index contributed by atoms with van der Waals surface area (Å²) in [4.78, 5) is 31.3. The molecule has 1 fully saturated rings. The van der Waals surface area contributed by atoms with E-state index < -0.39 is 0 Å². The van der Waals surface area contributed by atoms with Crippen molar-refractivity contribution in [1.29, 1.82) is 0 Å². The van der Waals surface area contributed by atoms with Crippen LogP contribution in [0.3, 0.4) is 0 Å². The Labute approximate surface area is 217 Å². The first-order valence-electron chi connectivity index (χ1n) is 12.9. The molecule has 3 aromatic carbocycles. The van der Waals surface area contributed by atoms with Crippen molar-refractivity contribution in [3.63, 3.8) is 0 Å². The van der Waals surface area contributed by atoms with Crippen LogP contribution in [-0.4, -0.2) is 59.4 Å². The number of hydrogen-bond acceptors (Lipinski definition) is 5. The predicted molar refractivity (Wildman–Crippen MR) is 149 cm³/mol. The molecule has 7 heteroatoms. The monoisotopic (exact) mass is 495 g/mol. The van der Waals surface area contributed by atoms with Crippen LogP contribution in [-0.2, 0) is 0 Å². The number of para-hydroxylation sites is 1. The molecule has 2 heterocycles. The van der Waals surface area contributed by atoms with E-state index >= 15 is 0 Å². The van der Waals surface area contributed by atoms with Gasteiger partial charge in [-0.1, -0.05) is 48.5 Å². The number of benzene rings is 3. The number of anilines is 1. The van der Waals surface area contributed by atoms with E-state index in [1.54, 1.807) is 12.1 Å². The lowest BCUT2D eigenvalue weighted by atomic mass is 10.1. The highest BCUT2D eigenvalue weighted by molar-refractivity contribution is 6.04. The molecule has 1 aliphatic heterocycles. The zero-order valence-electron chi connectivity index (χ0n) is 21.4. The highest BCUT2D eigenvalue weighted by Crippen LogP contribution is 2.18. The van der Waals surface area contributed by atoms with Gasteiger partial charge in [0.05, 0.1) is 11.1 Å². The predicted octanol–water partition coefficient (Wildman–Crippen LogP) is 4.02. The summed E-state index contributed by atoms with van der Waals surface area (Å²) in [5.74, 6) is -0.266. The molecule has 0 radical (unpaired) electrons. The highest BCUT2D eigenvalue weighted by Gasteiger charge is 2.21. The van der Waals surface area contributed by atoms with Gasteiger partial charge >= 0.3 is 0 Å². The molecule has 190 valence electrons. The molecular formula is C30H33N5O2. The molecule has 0 bridgehead atoms. The van der Waals surface area contributed by atoms with Crippen LogP contribution in [0.25, 0.3) is 16.5 Å². The molecular weight excluding hydrogens is 462 g/mol. The minimum absolute atomic E-state index is 0.0278. The average molecular weight is 496 g/mol. The van der Waals surface area contributed by atoms with Crippen LogP contribution in [0.4, 0.5) is 5.69 Å². The van der Waals surface area contributed by atoms with Gasteiger partial charge in [-0.05, 0) is 56.2 Å². The normalized spacial score (nSPS) is 15.0. The Balaban J connectivity index is 1.23. The molecule has 5 rings (SSSR count). The van der Waals surface area contributed by atoms with Crippen molar-refractivity contribution in [1.82, 2.24) is 20.0 Å². The average Bonchev–Trinajstić information content (AvgIpc) is 2.93. The lowest BCUT2D eigenvalue weighted by molar-refractivity contribution is 0.0930. The molecule has 7 nitrogen and oxygen atoms in total. The maximum absolute atomic E-state index is 13.3. The van der Waals surface area contributed by atoms with Crippen molar-refractivity contribution in [3.05, 3.63) is 100 Å². The van der Waals surface area contributed by atoms with Gasteiger partial charge in [0.25, 0.3) is 11.5 Å². The topological polar surface area (TPSA) is 70.5 Å². The number of aryl methyl sites for hydroxylation is 1. The van der Waals surface area contributed by atoms with Gasteiger partial charge in [-0.2, -0.15) is 9.78 Å². The molecule has 1 atom stereocenters. The lowest BCUT2D eigenvalue weighted by Crippen LogP contribution is -2.47. The van der Waals surface area contributed by atoms with Gasteiger partial charge in [0, 0.05) is 49.8 Å². The van der Waals surface area contributed by atoms with Gasteiger partial charge in [-0.25, -0.2) is 0 Å². The van der Waals surface area contributed by atoms with E-state index in [0.717, 1.165) is 39.1 Å². The Hall–Kier alpha value is -3.97. The van der Waals surface area contributed by atoms with Crippen molar-refractivity contribution in [2.75, 3.05) is 37.6 Å². The molecule has 1 amide bonds.